The van der Waals surface area contributed by atoms with Gasteiger partial charge < -0.3 is 0 Å². The van der Waals surface area contributed by atoms with Gasteiger partial charge in [0.15, 0.2) is 0 Å². The molecule has 14 heavy (non-hydrogen) atoms. The third-order valence-corrected chi connectivity index (χ3v) is 2.25. The highest BCUT2D eigenvalue weighted by atomic mass is 32.2. The van der Waals surface area contributed by atoms with Crippen LogP contribution in [0.15, 0.2) is 24.3 Å². The quantitative estimate of drug-likeness (QED) is 0.791. The molecule has 5 heteroatoms. The first-order chi connectivity index (χ1) is 6.51. The number of nitrogens with two attached hydrogens (primary N) is 1. The Bertz CT molecular complexity index is 401. The van der Waals surface area contributed by atoms with Crippen molar-refractivity contribution in [1.82, 2.24) is 0 Å². The van der Waals surface area contributed by atoms with Crippen molar-refractivity contribution in [2.24, 2.45) is 5.14 Å². The van der Waals surface area contributed by atoms with E-state index in [9.17, 15) is 8.42 Å². The minimum absolute atomic E-state index is 0.512. The van der Waals surface area contributed by atoms with Gasteiger partial charge in [0.2, 0.25) is 0 Å². The lowest BCUT2D eigenvalue weighted by molar-refractivity contribution is 0.603. The molecule has 0 atom stereocenters. The number of rotatable bonds is 4. The van der Waals surface area contributed by atoms with Crippen molar-refractivity contribution in [3.8, 4) is 0 Å². The molecule has 1 aromatic rings. The summed E-state index contributed by atoms with van der Waals surface area (Å²) in [4.78, 5) is 0. The van der Waals surface area contributed by atoms with Crippen LogP contribution < -0.4 is 9.86 Å². The average Bonchev–Trinajstić information content (AvgIpc) is 2.02. The molecule has 0 saturated heterocycles. The number of hydrogen-bond acceptors (Lipinski definition) is 2. The zero-order valence-corrected chi connectivity index (χ0v) is 8.84. The number of benzene rings is 1. The second-order valence-electron chi connectivity index (χ2n) is 3.10. The van der Waals surface area contributed by atoms with Crippen molar-refractivity contribution in [1.29, 1.82) is 0 Å². The highest BCUT2D eigenvalue weighted by Crippen LogP contribution is 2.12. The van der Waals surface area contributed by atoms with E-state index in [-0.39, 0.29) is 0 Å². The van der Waals surface area contributed by atoms with Gasteiger partial charge in [0, 0.05) is 5.69 Å². The largest absolute Gasteiger partial charge is 0.296 e. The molecule has 1 aromatic carbocycles. The number of aryl methyl sites for hydroxylation is 1. The fourth-order valence-electron chi connectivity index (χ4n) is 1.24. The third-order valence-electron chi connectivity index (χ3n) is 1.73. The lowest BCUT2D eigenvalue weighted by Crippen LogP contribution is -2.21. The zero-order valence-electron chi connectivity index (χ0n) is 8.03. The molecule has 0 spiro atoms. The summed E-state index contributed by atoms with van der Waals surface area (Å²) in [5.74, 6) is 0. The molecule has 0 saturated carbocycles. The lowest BCUT2D eigenvalue weighted by Gasteiger charge is -2.05. The third kappa shape index (κ3) is 3.76. The smallest absolute Gasteiger partial charge is 0.271 e. The topological polar surface area (TPSA) is 72.2 Å². The molecule has 0 fully saturated rings. The predicted octanol–water partition coefficient (Wildman–Crippen LogP) is 1.25. The second kappa shape index (κ2) is 4.43. The van der Waals surface area contributed by atoms with Crippen LogP contribution in [0.3, 0.4) is 0 Å². The molecule has 0 amide bonds. The minimum Gasteiger partial charge on any atom is -0.271 e. The van der Waals surface area contributed by atoms with Gasteiger partial charge in [-0.05, 0) is 24.1 Å². The average molecular weight is 214 g/mol. The number of hydrogen-bond donors (Lipinski definition) is 2. The minimum atomic E-state index is -3.66. The van der Waals surface area contributed by atoms with Gasteiger partial charge in [-0.25, -0.2) is 5.14 Å². The van der Waals surface area contributed by atoms with Crippen LogP contribution in [0.25, 0.3) is 0 Å². The van der Waals surface area contributed by atoms with Crippen molar-refractivity contribution in [3.05, 3.63) is 29.8 Å². The highest BCUT2D eigenvalue weighted by molar-refractivity contribution is 7.90. The molecule has 0 bridgehead atoms. The van der Waals surface area contributed by atoms with E-state index in [1.54, 1.807) is 18.2 Å². The van der Waals surface area contributed by atoms with Crippen LogP contribution in [0.4, 0.5) is 5.69 Å². The Kier molecular flexibility index (Phi) is 3.49. The van der Waals surface area contributed by atoms with Crippen LogP contribution in [0.2, 0.25) is 0 Å². The van der Waals surface area contributed by atoms with Crippen molar-refractivity contribution in [2.75, 3.05) is 4.72 Å². The molecular formula is C9H14N2O2S. The van der Waals surface area contributed by atoms with Crippen LogP contribution >= 0.6 is 0 Å². The molecule has 0 unspecified atom stereocenters. The lowest BCUT2D eigenvalue weighted by atomic mass is 10.1. The molecule has 0 aliphatic carbocycles. The Balaban J connectivity index is 2.83. The van der Waals surface area contributed by atoms with E-state index >= 15 is 0 Å². The molecule has 78 valence electrons. The summed E-state index contributed by atoms with van der Waals surface area (Å²) in [6.45, 7) is 2.07. The Labute approximate surface area is 84.3 Å². The Hall–Kier alpha value is -1.07. The van der Waals surface area contributed by atoms with Crippen molar-refractivity contribution < 1.29 is 8.42 Å². The molecule has 4 nitrogen and oxygen atoms in total. The standard InChI is InChI=1S/C9H14N2O2S/c1-2-4-8-5-3-6-9(7-8)11-14(10,12)13/h3,5-7,11H,2,4H2,1H3,(H2,10,12,13). The van der Waals surface area contributed by atoms with Crippen LogP contribution in [-0.4, -0.2) is 8.42 Å². The van der Waals surface area contributed by atoms with E-state index in [0.717, 1.165) is 18.4 Å². The van der Waals surface area contributed by atoms with Gasteiger partial charge in [0.1, 0.15) is 0 Å². The summed E-state index contributed by atoms with van der Waals surface area (Å²) < 4.78 is 23.7. The van der Waals surface area contributed by atoms with Crippen molar-refractivity contribution in [3.63, 3.8) is 0 Å². The van der Waals surface area contributed by atoms with E-state index in [0.29, 0.717) is 5.69 Å². The maximum atomic E-state index is 10.7. The number of nitrogens with one attached hydrogen (secondary N) is 1. The van der Waals surface area contributed by atoms with Crippen LogP contribution in [-0.2, 0) is 16.6 Å². The van der Waals surface area contributed by atoms with Crippen LogP contribution in [0.1, 0.15) is 18.9 Å². The summed E-state index contributed by atoms with van der Waals surface area (Å²) >= 11 is 0. The molecule has 3 N–H and O–H groups in total. The summed E-state index contributed by atoms with van der Waals surface area (Å²) in [6.07, 6.45) is 1.96. The summed E-state index contributed by atoms with van der Waals surface area (Å²) in [6, 6.07) is 7.22. The first kappa shape index (κ1) is 11.0. The van der Waals surface area contributed by atoms with E-state index < -0.39 is 10.2 Å². The molecule has 0 heterocycles. The molecule has 0 aromatic heterocycles. The van der Waals surface area contributed by atoms with E-state index in [1.165, 1.54) is 0 Å². The molecular weight excluding hydrogens is 200 g/mol. The normalized spacial score (nSPS) is 11.3. The molecule has 0 radical (unpaired) electrons. The first-order valence-corrected chi connectivity index (χ1v) is 5.95. The van der Waals surface area contributed by atoms with Gasteiger partial charge in [0.05, 0.1) is 0 Å². The van der Waals surface area contributed by atoms with Crippen LogP contribution in [0, 0.1) is 0 Å². The monoisotopic (exact) mass is 214 g/mol. The zero-order chi connectivity index (χ0) is 10.6. The van der Waals surface area contributed by atoms with Gasteiger partial charge in [-0.1, -0.05) is 25.5 Å². The highest BCUT2D eigenvalue weighted by Gasteiger charge is 2.01. The van der Waals surface area contributed by atoms with Gasteiger partial charge in [-0.2, -0.15) is 8.42 Å². The summed E-state index contributed by atoms with van der Waals surface area (Å²) in [7, 11) is -3.66. The van der Waals surface area contributed by atoms with Gasteiger partial charge >= 0.3 is 0 Å². The maximum Gasteiger partial charge on any atom is 0.296 e. The van der Waals surface area contributed by atoms with E-state index in [4.69, 9.17) is 5.14 Å². The van der Waals surface area contributed by atoms with Gasteiger partial charge in [-0.15, -0.1) is 0 Å². The summed E-state index contributed by atoms with van der Waals surface area (Å²) in [5, 5.41) is 4.85. The molecule has 1 rings (SSSR count). The number of anilines is 1. The first-order valence-electron chi connectivity index (χ1n) is 4.41. The fraction of sp³-hybridized carbons (Fsp3) is 0.333. The molecule has 0 aliphatic rings. The molecule has 0 aliphatic heterocycles. The summed E-state index contributed by atoms with van der Waals surface area (Å²) in [5.41, 5.74) is 1.61. The maximum absolute atomic E-state index is 10.7. The Morgan fingerprint density at radius 2 is 2.14 bits per heavy atom. The van der Waals surface area contributed by atoms with E-state index in [2.05, 4.69) is 11.6 Å². The fourth-order valence-corrected chi connectivity index (χ4v) is 1.70. The predicted molar refractivity (Wildman–Crippen MR) is 57.2 cm³/mol. The van der Waals surface area contributed by atoms with Gasteiger partial charge in [-0.3, -0.25) is 4.72 Å². The van der Waals surface area contributed by atoms with Crippen molar-refractivity contribution >= 4 is 15.9 Å². The Morgan fingerprint density at radius 1 is 1.43 bits per heavy atom. The SMILES string of the molecule is CCCc1cccc(NS(N)(=O)=O)c1. The van der Waals surface area contributed by atoms with Crippen LogP contribution in [0.5, 0.6) is 0 Å². The van der Waals surface area contributed by atoms with Crippen molar-refractivity contribution in [2.45, 2.75) is 19.8 Å². The second-order valence-corrected chi connectivity index (χ2v) is 4.39. The Morgan fingerprint density at radius 3 is 2.71 bits per heavy atom. The van der Waals surface area contributed by atoms with E-state index in [1.807, 2.05) is 6.07 Å². The van der Waals surface area contributed by atoms with Gasteiger partial charge in [0.25, 0.3) is 10.2 Å².